The van der Waals surface area contributed by atoms with E-state index in [9.17, 15) is 0 Å². The molecule has 0 aliphatic rings. The van der Waals surface area contributed by atoms with Crippen molar-refractivity contribution in [3.63, 3.8) is 0 Å². The molecule has 1 rings (SSSR count). The Labute approximate surface area is 92.0 Å². The molecule has 0 aromatic heterocycles. The summed E-state index contributed by atoms with van der Waals surface area (Å²) < 4.78 is 5.26. The van der Waals surface area contributed by atoms with Crippen LogP contribution in [0.5, 0.6) is 5.75 Å². The van der Waals surface area contributed by atoms with Crippen molar-refractivity contribution in [2.75, 3.05) is 7.11 Å². The molecule has 0 radical (unpaired) electrons. The molecule has 0 unspecified atom stereocenters. The van der Waals surface area contributed by atoms with Gasteiger partial charge in [-0.05, 0) is 36.2 Å². The van der Waals surface area contributed by atoms with Crippen molar-refractivity contribution in [1.29, 1.82) is 0 Å². The fourth-order valence-corrected chi connectivity index (χ4v) is 1.57. The van der Waals surface area contributed by atoms with Gasteiger partial charge in [-0.2, -0.15) is 0 Å². The van der Waals surface area contributed by atoms with Crippen LogP contribution in [0.4, 0.5) is 5.69 Å². The highest BCUT2D eigenvalue weighted by molar-refractivity contribution is 5.57. The van der Waals surface area contributed by atoms with E-state index in [0.29, 0.717) is 0 Å². The summed E-state index contributed by atoms with van der Waals surface area (Å²) in [5.41, 5.74) is 2.36. The molecular weight excluding hydrogens is 186 g/mol. The molecule has 0 atom stereocenters. The van der Waals surface area contributed by atoms with E-state index in [1.807, 2.05) is 12.1 Å². The van der Waals surface area contributed by atoms with Crippen LogP contribution < -0.4 is 4.74 Å². The maximum atomic E-state index is 5.26. The third kappa shape index (κ3) is 3.39. The minimum Gasteiger partial charge on any atom is -0.494 e. The lowest BCUT2D eigenvalue weighted by Crippen LogP contribution is -2.09. The molecule has 0 N–H and O–H groups in total. The van der Waals surface area contributed by atoms with E-state index in [4.69, 9.17) is 4.74 Å². The smallest absolute Gasteiger partial charge is 0.144 e. The third-order valence-electron chi connectivity index (χ3n) is 2.15. The summed E-state index contributed by atoms with van der Waals surface area (Å²) in [4.78, 5) is 3.90. The van der Waals surface area contributed by atoms with Gasteiger partial charge in [-0.1, -0.05) is 26.8 Å². The van der Waals surface area contributed by atoms with E-state index in [0.717, 1.165) is 17.9 Å². The molecule has 1 aromatic rings. The van der Waals surface area contributed by atoms with Crippen LogP contribution in [0.25, 0.3) is 0 Å². The van der Waals surface area contributed by atoms with E-state index in [2.05, 4.69) is 38.5 Å². The molecule has 0 heterocycles. The lowest BCUT2D eigenvalue weighted by Gasteiger charge is -2.18. The Morgan fingerprint density at radius 3 is 2.47 bits per heavy atom. The minimum atomic E-state index is 0.286. The summed E-state index contributed by atoms with van der Waals surface area (Å²) in [6.45, 7) is 10.2. The fourth-order valence-electron chi connectivity index (χ4n) is 1.57. The highest BCUT2D eigenvalue weighted by Crippen LogP contribution is 2.30. The maximum Gasteiger partial charge on any atom is 0.144 e. The Bertz CT molecular complexity index is 350. The van der Waals surface area contributed by atoms with Crippen molar-refractivity contribution in [3.8, 4) is 5.75 Å². The van der Waals surface area contributed by atoms with Gasteiger partial charge in [0.2, 0.25) is 0 Å². The van der Waals surface area contributed by atoms with Crippen molar-refractivity contribution in [3.05, 3.63) is 23.8 Å². The average molecular weight is 205 g/mol. The quantitative estimate of drug-likeness (QED) is 0.691. The van der Waals surface area contributed by atoms with Gasteiger partial charge < -0.3 is 4.74 Å². The Morgan fingerprint density at radius 1 is 1.33 bits per heavy atom. The van der Waals surface area contributed by atoms with Crippen molar-refractivity contribution >= 4 is 12.4 Å². The standard InChI is InChI=1S/C13H19NO/c1-13(2,3)9-10-6-7-11(14-4)12(8-10)15-5/h6-8H,4,9H2,1-3,5H3. The summed E-state index contributed by atoms with van der Waals surface area (Å²) in [6, 6.07) is 6.07. The molecule has 0 saturated carbocycles. The van der Waals surface area contributed by atoms with Gasteiger partial charge in [-0.3, -0.25) is 4.99 Å². The molecule has 0 amide bonds. The number of aliphatic imine (C=N–C) groups is 1. The molecule has 2 nitrogen and oxygen atoms in total. The summed E-state index contributed by atoms with van der Waals surface area (Å²) in [5.74, 6) is 0.798. The van der Waals surface area contributed by atoms with Crippen LogP contribution >= 0.6 is 0 Å². The zero-order valence-electron chi connectivity index (χ0n) is 10.0. The molecule has 1 aromatic carbocycles. The van der Waals surface area contributed by atoms with E-state index in [-0.39, 0.29) is 5.41 Å². The molecule has 0 saturated heterocycles. The van der Waals surface area contributed by atoms with Gasteiger partial charge in [0.25, 0.3) is 0 Å². The van der Waals surface area contributed by atoms with Crippen LogP contribution in [0.3, 0.4) is 0 Å². The van der Waals surface area contributed by atoms with Gasteiger partial charge in [-0.15, -0.1) is 0 Å². The van der Waals surface area contributed by atoms with E-state index >= 15 is 0 Å². The topological polar surface area (TPSA) is 21.6 Å². The highest BCUT2D eigenvalue weighted by Gasteiger charge is 2.12. The number of nitrogens with zero attached hydrogens (tertiary/aromatic N) is 1. The van der Waals surface area contributed by atoms with Crippen LogP contribution in [0.1, 0.15) is 26.3 Å². The van der Waals surface area contributed by atoms with E-state index in [1.165, 1.54) is 5.56 Å². The van der Waals surface area contributed by atoms with Crippen molar-refractivity contribution in [2.45, 2.75) is 27.2 Å². The predicted octanol–water partition coefficient (Wildman–Crippen LogP) is 3.62. The first-order valence-electron chi connectivity index (χ1n) is 5.10. The molecule has 82 valence electrons. The van der Waals surface area contributed by atoms with Crippen LogP contribution in [-0.2, 0) is 6.42 Å². The molecule has 0 aliphatic carbocycles. The number of benzene rings is 1. The fraction of sp³-hybridized carbons (Fsp3) is 0.462. The maximum absolute atomic E-state index is 5.26. The molecule has 15 heavy (non-hydrogen) atoms. The second-order valence-corrected chi connectivity index (χ2v) is 4.90. The lowest BCUT2D eigenvalue weighted by molar-refractivity contribution is 0.402. The zero-order valence-corrected chi connectivity index (χ0v) is 10.0. The van der Waals surface area contributed by atoms with Crippen LogP contribution in [0.15, 0.2) is 23.2 Å². The third-order valence-corrected chi connectivity index (χ3v) is 2.15. The van der Waals surface area contributed by atoms with Gasteiger partial charge in [-0.25, -0.2) is 0 Å². The monoisotopic (exact) mass is 205 g/mol. The number of methoxy groups -OCH3 is 1. The average Bonchev–Trinajstić information content (AvgIpc) is 2.15. The summed E-state index contributed by atoms with van der Waals surface area (Å²) >= 11 is 0. The van der Waals surface area contributed by atoms with Gasteiger partial charge in [0, 0.05) is 0 Å². The molecule has 2 heteroatoms. The summed E-state index contributed by atoms with van der Waals surface area (Å²) in [7, 11) is 1.66. The van der Waals surface area contributed by atoms with Gasteiger partial charge in [0.15, 0.2) is 0 Å². The first-order chi connectivity index (χ1) is 6.96. The Hall–Kier alpha value is -1.31. The highest BCUT2D eigenvalue weighted by atomic mass is 16.5. The summed E-state index contributed by atoms with van der Waals surface area (Å²) in [5, 5.41) is 0. The van der Waals surface area contributed by atoms with E-state index < -0.39 is 0 Å². The Kier molecular flexibility index (Phi) is 3.51. The number of hydrogen-bond donors (Lipinski definition) is 0. The first kappa shape index (κ1) is 11.8. The van der Waals surface area contributed by atoms with E-state index in [1.54, 1.807) is 7.11 Å². The molecule has 0 fully saturated rings. The van der Waals surface area contributed by atoms with Crippen LogP contribution in [0, 0.1) is 5.41 Å². The molecule has 0 bridgehead atoms. The Balaban J connectivity index is 2.98. The second-order valence-electron chi connectivity index (χ2n) is 4.90. The number of hydrogen-bond acceptors (Lipinski definition) is 2. The predicted molar refractivity (Wildman–Crippen MR) is 65.4 cm³/mol. The molecular formula is C13H19NO. The molecule has 0 aliphatic heterocycles. The van der Waals surface area contributed by atoms with Gasteiger partial charge >= 0.3 is 0 Å². The molecule has 0 spiro atoms. The van der Waals surface area contributed by atoms with Crippen molar-refractivity contribution in [2.24, 2.45) is 10.4 Å². The van der Waals surface area contributed by atoms with Crippen molar-refractivity contribution < 1.29 is 4.74 Å². The zero-order chi connectivity index (χ0) is 11.5. The first-order valence-corrected chi connectivity index (χ1v) is 5.10. The van der Waals surface area contributed by atoms with Crippen molar-refractivity contribution in [1.82, 2.24) is 0 Å². The summed E-state index contributed by atoms with van der Waals surface area (Å²) in [6.07, 6.45) is 1.03. The van der Waals surface area contributed by atoms with Crippen LogP contribution in [0.2, 0.25) is 0 Å². The lowest BCUT2D eigenvalue weighted by atomic mass is 9.88. The number of rotatable bonds is 3. The van der Waals surface area contributed by atoms with Crippen LogP contribution in [-0.4, -0.2) is 13.8 Å². The largest absolute Gasteiger partial charge is 0.494 e. The second kappa shape index (κ2) is 4.47. The normalized spacial score (nSPS) is 11.2. The van der Waals surface area contributed by atoms with Gasteiger partial charge in [0.05, 0.1) is 7.11 Å². The minimum absolute atomic E-state index is 0.286. The number of ether oxygens (including phenoxy) is 1. The van der Waals surface area contributed by atoms with Gasteiger partial charge in [0.1, 0.15) is 11.4 Å². The SMILES string of the molecule is C=Nc1ccc(CC(C)(C)C)cc1OC. The Morgan fingerprint density at radius 2 is 2.00 bits per heavy atom.